The van der Waals surface area contributed by atoms with E-state index in [0.29, 0.717) is 5.69 Å². The smallest absolute Gasteiger partial charge is 0.248 e. The van der Waals surface area contributed by atoms with E-state index in [1.165, 1.54) is 5.56 Å². The van der Waals surface area contributed by atoms with Gasteiger partial charge >= 0.3 is 0 Å². The fraction of sp³-hybridized carbons (Fsp3) is 0.167. The number of fused-ring (bicyclic) bond motifs is 1. The monoisotopic (exact) mass is 369 g/mol. The molecular weight excluding hydrogens is 346 g/mol. The Kier molecular flexibility index (Phi) is 4.70. The van der Waals surface area contributed by atoms with Crippen LogP contribution in [-0.4, -0.2) is 17.4 Å². The van der Waals surface area contributed by atoms with E-state index in [9.17, 15) is 4.79 Å². The summed E-state index contributed by atoms with van der Waals surface area (Å²) < 4.78 is 0. The number of aromatic nitrogens is 1. The van der Waals surface area contributed by atoms with Crippen LogP contribution in [0.1, 0.15) is 25.0 Å². The topological polar surface area (TPSA) is 45.2 Å². The van der Waals surface area contributed by atoms with Gasteiger partial charge in [0.2, 0.25) is 5.91 Å². The fourth-order valence-corrected chi connectivity index (χ4v) is 3.66. The van der Waals surface area contributed by atoms with Gasteiger partial charge in [-0.3, -0.25) is 4.79 Å². The summed E-state index contributed by atoms with van der Waals surface area (Å²) in [6.45, 7) is 5.28. The zero-order chi connectivity index (χ0) is 19.6. The van der Waals surface area contributed by atoms with Gasteiger partial charge in [0.15, 0.2) is 5.82 Å². The molecule has 0 radical (unpaired) electrons. The number of nitrogens with zero attached hydrogens (tertiary/aromatic N) is 2. The van der Waals surface area contributed by atoms with E-state index in [1.807, 2.05) is 48.5 Å². The third kappa shape index (κ3) is 3.54. The molecule has 140 valence electrons. The Morgan fingerprint density at radius 2 is 1.79 bits per heavy atom. The predicted octanol–water partition coefficient (Wildman–Crippen LogP) is 5.16. The number of rotatable bonds is 4. The number of para-hydroxylation sites is 1. The van der Waals surface area contributed by atoms with E-state index < -0.39 is 0 Å². The lowest BCUT2D eigenvalue weighted by atomic mass is 9.87. The summed E-state index contributed by atoms with van der Waals surface area (Å²) in [5.74, 6) is 0.590. The maximum absolute atomic E-state index is 12.5. The molecule has 1 amide bonds. The highest BCUT2D eigenvalue weighted by Crippen LogP contribution is 2.45. The summed E-state index contributed by atoms with van der Waals surface area (Å²) in [5, 5.41) is 2.99. The maximum Gasteiger partial charge on any atom is 0.248 e. The second-order valence-electron chi connectivity index (χ2n) is 7.60. The lowest BCUT2D eigenvalue weighted by Crippen LogP contribution is -2.26. The van der Waals surface area contributed by atoms with Crippen LogP contribution in [0.25, 0.3) is 6.08 Å². The normalized spacial score (nSPS) is 14.9. The Morgan fingerprint density at radius 3 is 2.61 bits per heavy atom. The molecule has 0 saturated heterocycles. The summed E-state index contributed by atoms with van der Waals surface area (Å²) in [6.07, 6.45) is 5.12. The molecule has 4 nitrogen and oxygen atoms in total. The largest absolute Gasteiger partial charge is 0.324 e. The van der Waals surface area contributed by atoms with Gasteiger partial charge in [0, 0.05) is 29.9 Å². The number of carbonyl (C=O) groups is 1. The predicted molar refractivity (Wildman–Crippen MR) is 115 cm³/mol. The summed E-state index contributed by atoms with van der Waals surface area (Å²) in [4.78, 5) is 19.3. The number of amides is 1. The molecule has 0 atom stereocenters. The molecule has 1 aliphatic rings. The van der Waals surface area contributed by atoms with Gasteiger partial charge in [-0.2, -0.15) is 0 Å². The second-order valence-corrected chi connectivity index (χ2v) is 7.60. The van der Waals surface area contributed by atoms with Crippen LogP contribution < -0.4 is 10.2 Å². The molecule has 0 spiro atoms. The first-order valence-corrected chi connectivity index (χ1v) is 9.41. The van der Waals surface area contributed by atoms with Gasteiger partial charge in [0.05, 0.1) is 5.69 Å². The van der Waals surface area contributed by atoms with Gasteiger partial charge in [0.25, 0.3) is 0 Å². The van der Waals surface area contributed by atoms with Crippen molar-refractivity contribution in [3.05, 3.63) is 90.1 Å². The van der Waals surface area contributed by atoms with Crippen LogP contribution in [-0.2, 0) is 10.2 Å². The van der Waals surface area contributed by atoms with E-state index in [0.717, 1.165) is 23.6 Å². The standard InChI is InChI=1S/C24H23N3O/c1-24(2)17-27(21-13-7-6-11-19(21)24)23-20(12-8-16-25-23)26-22(28)15-14-18-9-4-3-5-10-18/h3-16H,17H2,1-2H3,(H,26,28)/b15-14+. The average molecular weight is 369 g/mol. The van der Waals surface area contributed by atoms with E-state index in [2.05, 4.69) is 47.2 Å². The molecule has 0 saturated carbocycles. The van der Waals surface area contributed by atoms with Crippen molar-refractivity contribution < 1.29 is 4.79 Å². The van der Waals surface area contributed by atoms with Crippen LogP contribution in [0.3, 0.4) is 0 Å². The van der Waals surface area contributed by atoms with Crippen molar-refractivity contribution in [2.24, 2.45) is 0 Å². The second kappa shape index (κ2) is 7.31. The number of benzene rings is 2. The molecule has 4 heteroatoms. The Balaban J connectivity index is 1.60. The van der Waals surface area contributed by atoms with Gasteiger partial charge in [-0.15, -0.1) is 0 Å². The molecule has 4 rings (SSSR count). The van der Waals surface area contributed by atoms with E-state index in [-0.39, 0.29) is 11.3 Å². The van der Waals surface area contributed by atoms with Crippen LogP contribution in [0.5, 0.6) is 0 Å². The molecule has 1 aliphatic heterocycles. The van der Waals surface area contributed by atoms with E-state index in [4.69, 9.17) is 0 Å². The lowest BCUT2D eigenvalue weighted by Gasteiger charge is -2.23. The molecule has 28 heavy (non-hydrogen) atoms. The quantitative estimate of drug-likeness (QED) is 0.646. The first kappa shape index (κ1) is 18.0. The van der Waals surface area contributed by atoms with Crippen molar-refractivity contribution in [2.75, 3.05) is 16.8 Å². The minimum absolute atomic E-state index is 0.0165. The number of anilines is 3. The molecule has 1 N–H and O–H groups in total. The molecule has 0 fully saturated rings. The number of hydrogen-bond donors (Lipinski definition) is 1. The van der Waals surface area contributed by atoms with Crippen molar-refractivity contribution in [1.29, 1.82) is 0 Å². The van der Waals surface area contributed by atoms with Crippen molar-refractivity contribution in [3.63, 3.8) is 0 Å². The van der Waals surface area contributed by atoms with Crippen LogP contribution in [0, 0.1) is 0 Å². The Morgan fingerprint density at radius 1 is 1.04 bits per heavy atom. The molecule has 2 aromatic carbocycles. The van der Waals surface area contributed by atoms with Crippen LogP contribution in [0.2, 0.25) is 0 Å². The summed E-state index contributed by atoms with van der Waals surface area (Å²) in [5.41, 5.74) is 4.14. The molecule has 0 unspecified atom stereocenters. The first-order valence-electron chi connectivity index (χ1n) is 9.41. The number of pyridine rings is 1. The highest BCUT2D eigenvalue weighted by Gasteiger charge is 2.36. The maximum atomic E-state index is 12.5. The molecule has 0 aliphatic carbocycles. The Hall–Kier alpha value is -3.40. The highest BCUT2D eigenvalue weighted by atomic mass is 16.1. The van der Waals surface area contributed by atoms with Crippen molar-refractivity contribution in [2.45, 2.75) is 19.3 Å². The van der Waals surface area contributed by atoms with Crippen LogP contribution >= 0.6 is 0 Å². The molecule has 2 heterocycles. The third-order valence-electron chi connectivity index (χ3n) is 5.00. The summed E-state index contributed by atoms with van der Waals surface area (Å²) in [6, 6.07) is 21.9. The van der Waals surface area contributed by atoms with Gasteiger partial charge in [-0.1, -0.05) is 62.4 Å². The third-order valence-corrected chi connectivity index (χ3v) is 5.00. The van der Waals surface area contributed by atoms with Crippen molar-refractivity contribution >= 4 is 29.2 Å². The highest BCUT2D eigenvalue weighted by molar-refractivity contribution is 6.03. The van der Waals surface area contributed by atoms with Crippen molar-refractivity contribution in [1.82, 2.24) is 4.98 Å². The summed E-state index contributed by atoms with van der Waals surface area (Å²) >= 11 is 0. The Bertz CT molecular complexity index is 1020. The lowest BCUT2D eigenvalue weighted by molar-refractivity contribution is -0.111. The van der Waals surface area contributed by atoms with Gasteiger partial charge in [-0.05, 0) is 35.4 Å². The van der Waals surface area contributed by atoms with Crippen LogP contribution in [0.4, 0.5) is 17.2 Å². The number of nitrogens with one attached hydrogen (secondary N) is 1. The van der Waals surface area contributed by atoms with Crippen LogP contribution in [0.15, 0.2) is 79.0 Å². The molecule has 0 bridgehead atoms. The zero-order valence-corrected chi connectivity index (χ0v) is 16.1. The minimum Gasteiger partial charge on any atom is -0.324 e. The van der Waals surface area contributed by atoms with Crippen molar-refractivity contribution in [3.8, 4) is 0 Å². The van der Waals surface area contributed by atoms with Gasteiger partial charge in [-0.25, -0.2) is 4.98 Å². The van der Waals surface area contributed by atoms with E-state index in [1.54, 1.807) is 18.3 Å². The Labute approximate surface area is 165 Å². The molecule has 1 aromatic heterocycles. The van der Waals surface area contributed by atoms with Gasteiger partial charge < -0.3 is 10.2 Å². The van der Waals surface area contributed by atoms with E-state index >= 15 is 0 Å². The van der Waals surface area contributed by atoms with Gasteiger partial charge in [0.1, 0.15) is 0 Å². The molecular formula is C24H23N3O. The summed E-state index contributed by atoms with van der Waals surface area (Å²) in [7, 11) is 0. The molecule has 3 aromatic rings. The average Bonchev–Trinajstić information content (AvgIpc) is 2.99. The first-order chi connectivity index (χ1) is 13.5. The fourth-order valence-electron chi connectivity index (χ4n) is 3.66. The number of carbonyl (C=O) groups excluding carboxylic acids is 1. The minimum atomic E-state index is -0.176. The zero-order valence-electron chi connectivity index (χ0n) is 16.1. The SMILES string of the molecule is CC1(C)CN(c2ncccc2NC(=O)/C=C/c2ccccc2)c2ccccc21. The number of hydrogen-bond acceptors (Lipinski definition) is 3.